The first kappa shape index (κ1) is 12.9. The second-order valence-corrected chi connectivity index (χ2v) is 5.26. The van der Waals surface area contributed by atoms with Gasteiger partial charge >= 0.3 is 0 Å². The molecule has 17 heavy (non-hydrogen) atoms. The van der Waals surface area contributed by atoms with E-state index >= 15 is 0 Å². The van der Waals surface area contributed by atoms with Gasteiger partial charge in [0.2, 0.25) is 0 Å². The molecule has 1 N–H and O–H groups in total. The summed E-state index contributed by atoms with van der Waals surface area (Å²) in [5.41, 5.74) is 1.17. The Morgan fingerprint density at radius 1 is 1.24 bits per heavy atom. The molecule has 1 aliphatic carbocycles. The molecule has 0 saturated heterocycles. The summed E-state index contributed by atoms with van der Waals surface area (Å²) in [6, 6.07) is 10.1. The van der Waals surface area contributed by atoms with Crippen molar-refractivity contribution in [1.29, 1.82) is 0 Å². The predicted molar refractivity (Wildman–Crippen MR) is 69.1 cm³/mol. The van der Waals surface area contributed by atoms with E-state index in [4.69, 9.17) is 16.3 Å². The Morgan fingerprint density at radius 2 is 2.00 bits per heavy atom. The molecule has 0 heterocycles. The Hall–Kier alpha value is -0.570. The van der Waals surface area contributed by atoms with E-state index in [-0.39, 0.29) is 11.3 Å². The fourth-order valence-corrected chi connectivity index (χ4v) is 2.66. The van der Waals surface area contributed by atoms with E-state index in [1.54, 1.807) is 0 Å². The second-order valence-electron chi connectivity index (χ2n) is 4.70. The molecule has 0 unspecified atom stereocenters. The fourth-order valence-electron chi connectivity index (χ4n) is 2.30. The summed E-state index contributed by atoms with van der Waals surface area (Å²) in [5.74, 6) is 0.190. The molecule has 3 heteroatoms. The molecule has 0 aliphatic heterocycles. The molecule has 1 saturated carbocycles. The number of hydrogen-bond acceptors (Lipinski definition) is 2. The summed E-state index contributed by atoms with van der Waals surface area (Å²) in [6.45, 7) is 1.20. The van der Waals surface area contributed by atoms with E-state index in [0.29, 0.717) is 13.2 Å². The number of alkyl halides is 1. The lowest BCUT2D eigenvalue weighted by Gasteiger charge is -2.31. The molecule has 1 aliphatic rings. The van der Waals surface area contributed by atoms with Gasteiger partial charge in [0.25, 0.3) is 0 Å². The first-order chi connectivity index (χ1) is 8.27. The topological polar surface area (TPSA) is 29.5 Å². The summed E-state index contributed by atoms with van der Waals surface area (Å²) in [7, 11) is 0. The normalized spacial score (nSPS) is 29.2. The van der Waals surface area contributed by atoms with Gasteiger partial charge in [-0.15, -0.1) is 11.6 Å². The van der Waals surface area contributed by atoms with Crippen molar-refractivity contribution in [2.24, 2.45) is 5.92 Å². The van der Waals surface area contributed by atoms with E-state index in [1.807, 2.05) is 30.3 Å². The van der Waals surface area contributed by atoms with Gasteiger partial charge in [0.15, 0.2) is 0 Å². The summed E-state index contributed by atoms with van der Waals surface area (Å²) in [4.78, 5) is 0. The molecule has 0 radical (unpaired) electrons. The Bertz CT molecular complexity index is 328. The summed E-state index contributed by atoms with van der Waals surface area (Å²) in [6.07, 6.45) is 2.60. The summed E-state index contributed by atoms with van der Waals surface area (Å²) < 4.78 is 5.66. The molecule has 94 valence electrons. The molecule has 3 atom stereocenters. The monoisotopic (exact) mass is 254 g/mol. The average molecular weight is 255 g/mol. The van der Waals surface area contributed by atoms with Gasteiger partial charge in [-0.1, -0.05) is 36.8 Å². The molecule has 0 aromatic heterocycles. The lowest BCUT2D eigenvalue weighted by atomic mass is 9.87. The van der Waals surface area contributed by atoms with E-state index in [9.17, 15) is 5.11 Å². The number of ether oxygens (including phenoxy) is 1. The largest absolute Gasteiger partial charge is 0.391 e. The number of aliphatic hydroxyl groups excluding tert-OH is 1. The third kappa shape index (κ3) is 3.70. The van der Waals surface area contributed by atoms with Crippen LogP contribution < -0.4 is 0 Å². The standard InChI is InChI=1S/C14H19ClO2/c15-13-8-4-7-12(14(13)16)10-17-9-11-5-2-1-3-6-11/h1-3,5-6,12-14,16H,4,7-10H2/t12-,13-,14-/m1/s1. The Morgan fingerprint density at radius 3 is 2.76 bits per heavy atom. The molecule has 2 rings (SSSR count). The molecule has 2 nitrogen and oxygen atoms in total. The Balaban J connectivity index is 1.75. The van der Waals surface area contributed by atoms with E-state index in [1.165, 1.54) is 5.56 Å². The van der Waals surface area contributed by atoms with Crippen molar-refractivity contribution in [2.45, 2.75) is 37.4 Å². The highest BCUT2D eigenvalue weighted by Gasteiger charge is 2.30. The SMILES string of the molecule is O[C@@H]1[C@@H](COCc2ccccc2)CCC[C@H]1Cl. The van der Waals surface area contributed by atoms with Crippen LogP contribution in [0.15, 0.2) is 30.3 Å². The van der Waals surface area contributed by atoms with E-state index in [0.717, 1.165) is 19.3 Å². The van der Waals surface area contributed by atoms with Gasteiger partial charge in [-0.3, -0.25) is 0 Å². The molecule has 1 aromatic rings. The van der Waals surface area contributed by atoms with E-state index in [2.05, 4.69) is 0 Å². The lowest BCUT2D eigenvalue weighted by Crippen LogP contribution is -2.36. The van der Waals surface area contributed by atoms with Crippen molar-refractivity contribution in [3.8, 4) is 0 Å². The van der Waals surface area contributed by atoms with Crippen LogP contribution in [0, 0.1) is 5.92 Å². The number of hydrogen-bond donors (Lipinski definition) is 1. The van der Waals surface area contributed by atoms with Crippen molar-refractivity contribution in [3.63, 3.8) is 0 Å². The van der Waals surface area contributed by atoms with Crippen molar-refractivity contribution >= 4 is 11.6 Å². The minimum absolute atomic E-state index is 0.103. The zero-order valence-corrected chi connectivity index (χ0v) is 10.6. The maximum atomic E-state index is 9.92. The smallest absolute Gasteiger partial charge is 0.0753 e. The van der Waals surface area contributed by atoms with Gasteiger partial charge in [-0.2, -0.15) is 0 Å². The number of halogens is 1. The lowest BCUT2D eigenvalue weighted by molar-refractivity contribution is 0.00189. The highest BCUT2D eigenvalue weighted by atomic mass is 35.5. The summed E-state index contributed by atoms with van der Waals surface area (Å²) in [5, 5.41) is 9.82. The van der Waals surface area contributed by atoms with Crippen LogP contribution in [0.5, 0.6) is 0 Å². The predicted octanol–water partition coefficient (Wildman–Crippen LogP) is 2.97. The fraction of sp³-hybridized carbons (Fsp3) is 0.571. The highest BCUT2D eigenvalue weighted by Crippen LogP contribution is 2.28. The van der Waals surface area contributed by atoms with Gasteiger partial charge in [-0.25, -0.2) is 0 Å². The van der Waals surface area contributed by atoms with Crippen molar-refractivity contribution in [3.05, 3.63) is 35.9 Å². The maximum absolute atomic E-state index is 9.92. The minimum Gasteiger partial charge on any atom is -0.391 e. The van der Waals surface area contributed by atoms with Gasteiger partial charge in [0.1, 0.15) is 0 Å². The molecule has 1 fully saturated rings. The van der Waals surface area contributed by atoms with Gasteiger partial charge in [-0.05, 0) is 18.4 Å². The third-order valence-corrected chi connectivity index (χ3v) is 3.83. The third-order valence-electron chi connectivity index (χ3n) is 3.35. The van der Waals surface area contributed by atoms with Crippen LogP contribution in [0.1, 0.15) is 24.8 Å². The molecular formula is C14H19ClO2. The van der Waals surface area contributed by atoms with Crippen LogP contribution in [0.4, 0.5) is 0 Å². The van der Waals surface area contributed by atoms with Crippen LogP contribution in [-0.4, -0.2) is 23.2 Å². The van der Waals surface area contributed by atoms with E-state index < -0.39 is 6.10 Å². The van der Waals surface area contributed by atoms with Crippen LogP contribution in [0.3, 0.4) is 0 Å². The summed E-state index contributed by atoms with van der Waals surface area (Å²) >= 11 is 6.05. The van der Waals surface area contributed by atoms with Gasteiger partial charge in [0, 0.05) is 5.92 Å². The zero-order chi connectivity index (χ0) is 12.1. The number of rotatable bonds is 4. The minimum atomic E-state index is -0.416. The number of benzene rings is 1. The van der Waals surface area contributed by atoms with Crippen LogP contribution in [0.25, 0.3) is 0 Å². The first-order valence-electron chi connectivity index (χ1n) is 6.21. The van der Waals surface area contributed by atoms with Crippen molar-refractivity contribution in [1.82, 2.24) is 0 Å². The maximum Gasteiger partial charge on any atom is 0.0753 e. The van der Waals surface area contributed by atoms with Crippen molar-refractivity contribution < 1.29 is 9.84 Å². The second kappa shape index (κ2) is 6.39. The van der Waals surface area contributed by atoms with Crippen LogP contribution >= 0.6 is 11.6 Å². The number of aliphatic hydroxyl groups is 1. The van der Waals surface area contributed by atoms with Crippen LogP contribution in [-0.2, 0) is 11.3 Å². The molecule has 0 bridgehead atoms. The molecule has 1 aromatic carbocycles. The Kier molecular flexibility index (Phi) is 4.84. The first-order valence-corrected chi connectivity index (χ1v) is 6.65. The molecule has 0 spiro atoms. The van der Waals surface area contributed by atoms with Gasteiger partial charge in [0.05, 0.1) is 24.7 Å². The average Bonchev–Trinajstić information content (AvgIpc) is 2.36. The highest BCUT2D eigenvalue weighted by molar-refractivity contribution is 6.21. The van der Waals surface area contributed by atoms with Crippen LogP contribution in [0.2, 0.25) is 0 Å². The Labute approximate surface area is 108 Å². The zero-order valence-electron chi connectivity index (χ0n) is 9.89. The molecular weight excluding hydrogens is 236 g/mol. The van der Waals surface area contributed by atoms with Gasteiger partial charge < -0.3 is 9.84 Å². The quantitative estimate of drug-likeness (QED) is 0.837. The molecule has 0 amide bonds. The van der Waals surface area contributed by atoms with Crippen molar-refractivity contribution in [2.75, 3.05) is 6.61 Å².